The Bertz CT molecular complexity index is 888. The first kappa shape index (κ1) is 18.6. The van der Waals surface area contributed by atoms with Crippen molar-refractivity contribution < 1.29 is 4.79 Å². The maximum atomic E-state index is 12.4. The summed E-state index contributed by atoms with van der Waals surface area (Å²) < 4.78 is 0. The second kappa shape index (κ2) is 7.87. The number of benzene rings is 1. The normalized spacial score (nSPS) is 11.1. The van der Waals surface area contributed by atoms with Gasteiger partial charge in [-0.3, -0.25) is 4.79 Å². The molecule has 0 fully saturated rings. The Hall–Kier alpha value is -1.77. The van der Waals surface area contributed by atoms with E-state index in [0.717, 1.165) is 0 Å². The van der Waals surface area contributed by atoms with Crippen LogP contribution in [0.3, 0.4) is 0 Å². The summed E-state index contributed by atoms with van der Waals surface area (Å²) in [4.78, 5) is 16.2. The molecule has 0 amide bonds. The molecule has 1 aromatic carbocycles. The van der Waals surface area contributed by atoms with E-state index in [1.807, 2.05) is 6.07 Å². The number of anilines is 1. The SMILES string of the molecule is CC(=CC(=O)c1c(Cl)ncc(Cl)c1Cl)Nc1c(Cl)cccc1C#N. The van der Waals surface area contributed by atoms with E-state index in [9.17, 15) is 4.79 Å². The molecular weight excluding hydrogens is 392 g/mol. The zero-order valence-electron chi connectivity index (χ0n) is 12.2. The average molecular weight is 401 g/mol. The fourth-order valence-corrected chi connectivity index (χ4v) is 2.78. The Morgan fingerprint density at radius 2 is 1.96 bits per heavy atom. The Morgan fingerprint density at radius 3 is 2.62 bits per heavy atom. The fraction of sp³-hybridized carbons (Fsp3) is 0.0625. The van der Waals surface area contributed by atoms with Crippen LogP contribution in [-0.4, -0.2) is 10.8 Å². The van der Waals surface area contributed by atoms with Crippen LogP contribution in [-0.2, 0) is 0 Å². The predicted octanol–water partition coefficient (Wildman–Crippen LogP) is 5.77. The van der Waals surface area contributed by atoms with Crippen LogP contribution in [0.25, 0.3) is 0 Å². The van der Waals surface area contributed by atoms with Crippen molar-refractivity contribution in [3.05, 3.63) is 67.5 Å². The van der Waals surface area contributed by atoms with Crippen molar-refractivity contribution in [2.45, 2.75) is 6.92 Å². The first-order valence-corrected chi connectivity index (χ1v) is 8.04. The maximum absolute atomic E-state index is 12.4. The van der Waals surface area contributed by atoms with Crippen molar-refractivity contribution in [3.63, 3.8) is 0 Å². The molecule has 0 saturated heterocycles. The van der Waals surface area contributed by atoms with E-state index >= 15 is 0 Å². The van der Waals surface area contributed by atoms with Gasteiger partial charge < -0.3 is 5.32 Å². The molecule has 0 aliphatic carbocycles. The number of carbonyl (C=O) groups is 1. The van der Waals surface area contributed by atoms with Crippen molar-refractivity contribution in [2.75, 3.05) is 5.32 Å². The summed E-state index contributed by atoms with van der Waals surface area (Å²) in [5.41, 5.74) is 1.20. The number of allylic oxidation sites excluding steroid dienone is 2. The molecule has 0 aliphatic heterocycles. The van der Waals surface area contributed by atoms with Gasteiger partial charge in [0.2, 0.25) is 0 Å². The van der Waals surface area contributed by atoms with Gasteiger partial charge in [-0.15, -0.1) is 0 Å². The molecule has 0 bridgehead atoms. The molecule has 1 aromatic heterocycles. The molecule has 2 aromatic rings. The Morgan fingerprint density at radius 1 is 1.25 bits per heavy atom. The van der Waals surface area contributed by atoms with Crippen LogP contribution in [0, 0.1) is 11.3 Å². The van der Waals surface area contributed by atoms with Gasteiger partial charge in [-0.2, -0.15) is 5.26 Å². The van der Waals surface area contributed by atoms with Crippen molar-refractivity contribution in [3.8, 4) is 6.07 Å². The van der Waals surface area contributed by atoms with E-state index in [4.69, 9.17) is 51.7 Å². The minimum Gasteiger partial charge on any atom is -0.357 e. The summed E-state index contributed by atoms with van der Waals surface area (Å²) >= 11 is 23.9. The summed E-state index contributed by atoms with van der Waals surface area (Å²) in [5, 5.41) is 12.5. The number of hydrogen-bond donors (Lipinski definition) is 1. The molecule has 0 unspecified atom stereocenters. The van der Waals surface area contributed by atoms with Gasteiger partial charge in [-0.25, -0.2) is 4.98 Å². The van der Waals surface area contributed by atoms with Crippen LogP contribution in [0.2, 0.25) is 20.2 Å². The number of nitriles is 1. The monoisotopic (exact) mass is 399 g/mol. The van der Waals surface area contributed by atoms with Crippen molar-refractivity contribution in [1.82, 2.24) is 4.98 Å². The molecule has 1 heterocycles. The maximum Gasteiger partial charge on any atom is 0.192 e. The Balaban J connectivity index is 2.35. The largest absolute Gasteiger partial charge is 0.357 e. The zero-order chi connectivity index (χ0) is 17.9. The summed E-state index contributed by atoms with van der Waals surface area (Å²) in [6.45, 7) is 1.64. The van der Waals surface area contributed by atoms with Gasteiger partial charge in [0.05, 0.1) is 31.9 Å². The van der Waals surface area contributed by atoms with Crippen molar-refractivity contribution in [2.24, 2.45) is 0 Å². The number of carbonyl (C=O) groups excluding carboxylic acids is 1. The first-order chi connectivity index (χ1) is 11.3. The number of pyridine rings is 1. The fourth-order valence-electron chi connectivity index (χ4n) is 1.90. The number of ketones is 1. The molecule has 0 aliphatic rings. The highest BCUT2D eigenvalue weighted by molar-refractivity contribution is 6.46. The molecule has 4 nitrogen and oxygen atoms in total. The third-order valence-corrected chi connectivity index (χ3v) is 4.35. The number of para-hydroxylation sites is 1. The molecule has 2 rings (SSSR count). The lowest BCUT2D eigenvalue weighted by Crippen LogP contribution is -2.05. The van der Waals surface area contributed by atoms with Crippen molar-refractivity contribution >= 4 is 57.9 Å². The van der Waals surface area contributed by atoms with Crippen LogP contribution in [0.5, 0.6) is 0 Å². The minimum absolute atomic E-state index is 0.00616. The minimum atomic E-state index is -0.476. The highest BCUT2D eigenvalue weighted by Gasteiger charge is 2.17. The number of nitrogens with zero attached hydrogens (tertiary/aromatic N) is 2. The zero-order valence-corrected chi connectivity index (χ0v) is 15.2. The lowest BCUT2D eigenvalue weighted by Gasteiger charge is -2.11. The predicted molar refractivity (Wildman–Crippen MR) is 97.1 cm³/mol. The van der Waals surface area contributed by atoms with Gasteiger partial charge in [0.15, 0.2) is 5.78 Å². The van der Waals surface area contributed by atoms with Crippen LogP contribution < -0.4 is 5.32 Å². The molecule has 0 spiro atoms. The summed E-state index contributed by atoms with van der Waals surface area (Å²) in [6.07, 6.45) is 2.54. The second-order valence-electron chi connectivity index (χ2n) is 4.68. The summed E-state index contributed by atoms with van der Waals surface area (Å²) in [5.74, 6) is -0.476. The smallest absolute Gasteiger partial charge is 0.192 e. The van der Waals surface area contributed by atoms with Gasteiger partial charge in [0.1, 0.15) is 11.2 Å². The van der Waals surface area contributed by atoms with Gasteiger partial charge >= 0.3 is 0 Å². The molecule has 1 N–H and O–H groups in total. The molecule has 0 atom stereocenters. The van der Waals surface area contributed by atoms with E-state index in [0.29, 0.717) is 22.0 Å². The second-order valence-corrected chi connectivity index (χ2v) is 6.23. The summed E-state index contributed by atoms with van der Waals surface area (Å²) in [6, 6.07) is 6.93. The van der Waals surface area contributed by atoms with Gasteiger partial charge in [-0.1, -0.05) is 52.5 Å². The summed E-state index contributed by atoms with van der Waals surface area (Å²) in [7, 11) is 0. The Labute approximate surface area is 158 Å². The molecule has 24 heavy (non-hydrogen) atoms. The van der Waals surface area contributed by atoms with Gasteiger partial charge in [0, 0.05) is 18.0 Å². The Kier molecular flexibility index (Phi) is 6.09. The number of aromatic nitrogens is 1. The third kappa shape index (κ3) is 4.00. The lowest BCUT2D eigenvalue weighted by molar-refractivity contribution is 0.104. The quantitative estimate of drug-likeness (QED) is 0.402. The highest BCUT2D eigenvalue weighted by Crippen LogP contribution is 2.31. The number of hydrogen-bond acceptors (Lipinski definition) is 4. The molecular formula is C16H9Cl4N3O. The molecule has 0 radical (unpaired) electrons. The number of halogens is 4. The van der Waals surface area contributed by atoms with Crippen LogP contribution in [0.15, 0.2) is 36.2 Å². The van der Waals surface area contributed by atoms with E-state index in [2.05, 4.69) is 10.3 Å². The van der Waals surface area contributed by atoms with Crippen molar-refractivity contribution in [1.29, 1.82) is 5.26 Å². The molecule has 8 heteroatoms. The highest BCUT2D eigenvalue weighted by atomic mass is 35.5. The van der Waals surface area contributed by atoms with Crippen LogP contribution in [0.1, 0.15) is 22.8 Å². The standard InChI is InChI=1S/C16H9Cl4N3O/c1-8(23-15-9(6-21)3-2-4-10(15)17)5-12(24)13-14(19)11(18)7-22-16(13)20/h2-5,7,23H,1H3. The van der Waals surface area contributed by atoms with E-state index in [-0.39, 0.29) is 20.8 Å². The average Bonchev–Trinajstić information content (AvgIpc) is 2.53. The topological polar surface area (TPSA) is 65.8 Å². The van der Waals surface area contributed by atoms with Gasteiger partial charge in [0.25, 0.3) is 0 Å². The number of rotatable bonds is 4. The van der Waals surface area contributed by atoms with E-state index < -0.39 is 5.78 Å². The molecule has 0 saturated carbocycles. The molecule has 122 valence electrons. The van der Waals surface area contributed by atoms with E-state index in [1.165, 1.54) is 12.3 Å². The van der Waals surface area contributed by atoms with Crippen LogP contribution in [0.4, 0.5) is 5.69 Å². The first-order valence-electron chi connectivity index (χ1n) is 6.53. The lowest BCUT2D eigenvalue weighted by atomic mass is 10.1. The number of nitrogens with one attached hydrogen (secondary N) is 1. The third-order valence-electron chi connectivity index (χ3n) is 2.98. The van der Waals surface area contributed by atoms with Crippen LogP contribution >= 0.6 is 46.4 Å². The van der Waals surface area contributed by atoms with E-state index in [1.54, 1.807) is 25.1 Å². The van der Waals surface area contributed by atoms with Gasteiger partial charge in [-0.05, 0) is 19.1 Å².